The molecule has 0 N–H and O–H groups in total. The number of hydrogen-bond donors (Lipinski definition) is 0. The number of carbonyl (C=O) groups excluding carboxylic acids is 2. The molecule has 1 heterocycles. The first kappa shape index (κ1) is 16.5. The molecule has 23 heavy (non-hydrogen) atoms. The second-order valence-corrected chi connectivity index (χ2v) is 4.80. The molecule has 0 amide bonds. The molecule has 0 aliphatic rings. The van der Waals surface area contributed by atoms with Gasteiger partial charge in [0, 0.05) is 12.5 Å². The summed E-state index contributed by atoms with van der Waals surface area (Å²) in [5.74, 6) is -2.47. The van der Waals surface area contributed by atoms with Crippen LogP contribution in [0.15, 0.2) is 51.7 Å². The summed E-state index contributed by atoms with van der Waals surface area (Å²) in [4.78, 5) is 35.2. The van der Waals surface area contributed by atoms with Gasteiger partial charge in [0.2, 0.25) is 0 Å². The average Bonchev–Trinajstić information content (AvgIpc) is 2.58. The first-order valence-electron chi connectivity index (χ1n) is 6.90. The number of methoxy groups -OCH3 is 2. The quantitative estimate of drug-likeness (QED) is 0.618. The zero-order valence-corrected chi connectivity index (χ0v) is 12.8. The second-order valence-electron chi connectivity index (χ2n) is 4.80. The minimum absolute atomic E-state index is 0.116. The molecule has 0 unspecified atom stereocenters. The Kier molecular flexibility index (Phi) is 5.30. The van der Waals surface area contributed by atoms with Crippen LogP contribution < -0.4 is 5.63 Å². The molecule has 0 aliphatic carbocycles. The SMILES string of the molecule is COC(=O)C(Cc1cc(-c2ccccc2)cc(=O)o1)C(=O)OC. The molecule has 0 saturated heterocycles. The third-order valence-corrected chi connectivity index (χ3v) is 3.31. The maximum Gasteiger partial charge on any atom is 0.336 e. The number of carbonyl (C=O) groups is 2. The van der Waals surface area contributed by atoms with Crippen LogP contribution in [0.3, 0.4) is 0 Å². The molecule has 6 heteroatoms. The molecule has 0 saturated carbocycles. The molecule has 0 bridgehead atoms. The van der Waals surface area contributed by atoms with Crippen LogP contribution in [0.5, 0.6) is 0 Å². The molecule has 120 valence electrons. The zero-order valence-electron chi connectivity index (χ0n) is 12.8. The molecule has 1 aromatic heterocycles. The minimum atomic E-state index is -1.18. The highest BCUT2D eigenvalue weighted by atomic mass is 16.5. The fourth-order valence-corrected chi connectivity index (χ4v) is 2.18. The zero-order chi connectivity index (χ0) is 16.8. The van der Waals surface area contributed by atoms with Crippen molar-refractivity contribution in [1.82, 2.24) is 0 Å². The second kappa shape index (κ2) is 7.40. The third-order valence-electron chi connectivity index (χ3n) is 3.31. The Morgan fingerprint density at radius 1 is 1.00 bits per heavy atom. The lowest BCUT2D eigenvalue weighted by molar-refractivity contribution is -0.158. The van der Waals surface area contributed by atoms with Crippen molar-refractivity contribution in [2.24, 2.45) is 5.92 Å². The molecule has 2 aromatic rings. The molecule has 0 fully saturated rings. The lowest BCUT2D eigenvalue weighted by Gasteiger charge is -2.12. The van der Waals surface area contributed by atoms with Crippen molar-refractivity contribution in [3.05, 3.63) is 58.6 Å². The van der Waals surface area contributed by atoms with Crippen molar-refractivity contribution in [3.63, 3.8) is 0 Å². The van der Waals surface area contributed by atoms with Gasteiger partial charge in [-0.25, -0.2) is 4.79 Å². The topological polar surface area (TPSA) is 82.8 Å². The molecule has 2 rings (SSSR count). The van der Waals surface area contributed by atoms with Gasteiger partial charge in [0.15, 0.2) is 5.92 Å². The van der Waals surface area contributed by atoms with Crippen molar-refractivity contribution < 1.29 is 23.5 Å². The maximum absolute atomic E-state index is 11.7. The Balaban J connectivity index is 2.36. The fourth-order valence-electron chi connectivity index (χ4n) is 2.18. The molecule has 6 nitrogen and oxygen atoms in total. The molecule has 0 spiro atoms. The van der Waals surface area contributed by atoms with E-state index in [-0.39, 0.29) is 12.2 Å². The van der Waals surface area contributed by atoms with E-state index in [4.69, 9.17) is 4.42 Å². The highest BCUT2D eigenvalue weighted by Crippen LogP contribution is 2.20. The Hall–Kier alpha value is -2.89. The summed E-state index contributed by atoms with van der Waals surface area (Å²) in [6, 6.07) is 12.2. The summed E-state index contributed by atoms with van der Waals surface area (Å²) in [6.07, 6.45) is -0.116. The van der Waals surface area contributed by atoms with Crippen LogP contribution in [0.4, 0.5) is 0 Å². The van der Waals surface area contributed by atoms with E-state index in [9.17, 15) is 14.4 Å². The number of ether oxygens (including phenoxy) is 2. The Labute approximate surface area is 132 Å². The van der Waals surface area contributed by atoms with Gasteiger partial charge in [-0.3, -0.25) is 9.59 Å². The predicted molar refractivity (Wildman–Crippen MR) is 81.6 cm³/mol. The van der Waals surface area contributed by atoms with Crippen LogP contribution in [-0.4, -0.2) is 26.2 Å². The van der Waals surface area contributed by atoms with Crippen LogP contribution in [0.2, 0.25) is 0 Å². The van der Waals surface area contributed by atoms with E-state index >= 15 is 0 Å². The summed E-state index contributed by atoms with van der Waals surface area (Å²) >= 11 is 0. The summed E-state index contributed by atoms with van der Waals surface area (Å²) in [7, 11) is 2.35. The van der Waals surface area contributed by atoms with E-state index in [1.807, 2.05) is 30.3 Å². The van der Waals surface area contributed by atoms with E-state index < -0.39 is 23.5 Å². The predicted octanol–water partition coefficient (Wildman–Crippen LogP) is 1.81. The van der Waals surface area contributed by atoms with Gasteiger partial charge in [-0.15, -0.1) is 0 Å². The van der Waals surface area contributed by atoms with Crippen molar-refractivity contribution in [2.75, 3.05) is 14.2 Å². The highest BCUT2D eigenvalue weighted by Gasteiger charge is 2.30. The van der Waals surface area contributed by atoms with Gasteiger partial charge in [-0.1, -0.05) is 30.3 Å². The molecule has 0 atom stereocenters. The first-order chi connectivity index (χ1) is 11.0. The van der Waals surface area contributed by atoms with Gasteiger partial charge in [-0.2, -0.15) is 0 Å². The third kappa shape index (κ3) is 4.06. The molecular weight excluding hydrogens is 300 g/mol. The summed E-state index contributed by atoms with van der Waals surface area (Å²) in [5, 5.41) is 0. The van der Waals surface area contributed by atoms with Crippen LogP contribution in [0, 0.1) is 5.92 Å². The van der Waals surface area contributed by atoms with E-state index in [2.05, 4.69) is 9.47 Å². The van der Waals surface area contributed by atoms with Gasteiger partial charge in [-0.05, 0) is 17.2 Å². The van der Waals surface area contributed by atoms with E-state index in [1.54, 1.807) is 6.07 Å². The summed E-state index contributed by atoms with van der Waals surface area (Å²) < 4.78 is 14.3. The van der Waals surface area contributed by atoms with Crippen molar-refractivity contribution in [2.45, 2.75) is 6.42 Å². The lowest BCUT2D eigenvalue weighted by atomic mass is 10.0. The Morgan fingerprint density at radius 2 is 1.61 bits per heavy atom. The van der Waals surface area contributed by atoms with E-state index in [0.717, 1.165) is 5.56 Å². The summed E-state index contributed by atoms with van der Waals surface area (Å²) in [6.45, 7) is 0. The smallest absolute Gasteiger partial charge is 0.336 e. The molecular formula is C17H16O6. The van der Waals surface area contributed by atoms with Gasteiger partial charge in [0.1, 0.15) is 5.76 Å². The fraction of sp³-hybridized carbons (Fsp3) is 0.235. The van der Waals surface area contributed by atoms with Gasteiger partial charge in [0.25, 0.3) is 0 Å². The van der Waals surface area contributed by atoms with Crippen molar-refractivity contribution >= 4 is 11.9 Å². The van der Waals surface area contributed by atoms with Crippen molar-refractivity contribution in [3.8, 4) is 11.1 Å². The summed E-state index contributed by atoms with van der Waals surface area (Å²) in [5.41, 5.74) is 0.912. The number of esters is 2. The Morgan fingerprint density at radius 3 is 2.17 bits per heavy atom. The maximum atomic E-state index is 11.7. The van der Waals surface area contributed by atoms with Crippen LogP contribution in [0.1, 0.15) is 5.76 Å². The number of rotatable bonds is 5. The minimum Gasteiger partial charge on any atom is -0.468 e. The largest absolute Gasteiger partial charge is 0.468 e. The van der Waals surface area contributed by atoms with E-state index in [1.165, 1.54) is 20.3 Å². The number of benzene rings is 1. The molecule has 1 aromatic carbocycles. The van der Waals surface area contributed by atoms with Gasteiger partial charge < -0.3 is 13.9 Å². The normalized spacial score (nSPS) is 10.4. The van der Waals surface area contributed by atoms with E-state index in [0.29, 0.717) is 5.56 Å². The van der Waals surface area contributed by atoms with Crippen LogP contribution in [-0.2, 0) is 25.5 Å². The van der Waals surface area contributed by atoms with Gasteiger partial charge >= 0.3 is 17.6 Å². The lowest BCUT2D eigenvalue weighted by Crippen LogP contribution is -2.28. The highest BCUT2D eigenvalue weighted by molar-refractivity contribution is 5.95. The molecule has 0 aliphatic heterocycles. The van der Waals surface area contributed by atoms with Crippen LogP contribution in [0.25, 0.3) is 11.1 Å². The standard InChI is InChI=1S/C17H16O6/c1-21-16(19)14(17(20)22-2)10-13-8-12(9-15(18)23-13)11-6-4-3-5-7-11/h3-9,14H,10H2,1-2H3. The number of hydrogen-bond acceptors (Lipinski definition) is 6. The van der Waals surface area contributed by atoms with Crippen LogP contribution >= 0.6 is 0 Å². The average molecular weight is 316 g/mol. The monoisotopic (exact) mass is 316 g/mol. The first-order valence-corrected chi connectivity index (χ1v) is 6.90. The molecule has 0 radical (unpaired) electrons. The van der Waals surface area contributed by atoms with Gasteiger partial charge in [0.05, 0.1) is 14.2 Å². The Bertz CT molecular complexity index is 731. The van der Waals surface area contributed by atoms with Crippen molar-refractivity contribution in [1.29, 1.82) is 0 Å².